The van der Waals surface area contributed by atoms with Crippen LogP contribution in [0.5, 0.6) is 0 Å². The Kier molecular flexibility index (Phi) is 5.46. The SMILES string of the molecule is CC(C)[C@@H](CO)NC1CCCCC1C1CCCN1. The first-order valence-corrected chi connectivity index (χ1v) is 7.82. The fraction of sp³-hybridized carbons (Fsp3) is 1.00. The average Bonchev–Trinajstić information content (AvgIpc) is 2.89. The van der Waals surface area contributed by atoms with Crippen LogP contribution in [-0.4, -0.2) is 36.4 Å². The van der Waals surface area contributed by atoms with Crippen LogP contribution in [0.15, 0.2) is 0 Å². The molecule has 3 heteroatoms. The Morgan fingerprint density at radius 1 is 1.17 bits per heavy atom. The third-order valence-electron chi connectivity index (χ3n) is 4.86. The van der Waals surface area contributed by atoms with Crippen LogP contribution in [0, 0.1) is 11.8 Å². The molecule has 0 bridgehead atoms. The van der Waals surface area contributed by atoms with Gasteiger partial charge in [-0.2, -0.15) is 0 Å². The van der Waals surface area contributed by atoms with Gasteiger partial charge in [-0.3, -0.25) is 0 Å². The molecule has 0 aromatic carbocycles. The van der Waals surface area contributed by atoms with E-state index in [4.69, 9.17) is 0 Å². The molecule has 18 heavy (non-hydrogen) atoms. The first-order chi connectivity index (χ1) is 8.72. The molecule has 1 saturated carbocycles. The predicted octanol–water partition coefficient (Wildman–Crippen LogP) is 1.90. The Hall–Kier alpha value is -0.120. The predicted molar refractivity (Wildman–Crippen MR) is 75.6 cm³/mol. The van der Waals surface area contributed by atoms with Crippen LogP contribution < -0.4 is 10.6 Å². The van der Waals surface area contributed by atoms with E-state index >= 15 is 0 Å². The monoisotopic (exact) mass is 254 g/mol. The molecule has 0 amide bonds. The largest absolute Gasteiger partial charge is 0.395 e. The second-order valence-electron chi connectivity index (χ2n) is 6.46. The number of hydrogen-bond acceptors (Lipinski definition) is 3. The summed E-state index contributed by atoms with van der Waals surface area (Å²) in [5, 5.41) is 16.9. The number of aliphatic hydroxyl groups is 1. The highest BCUT2D eigenvalue weighted by molar-refractivity contribution is 4.93. The quantitative estimate of drug-likeness (QED) is 0.702. The maximum Gasteiger partial charge on any atom is 0.0587 e. The lowest BCUT2D eigenvalue weighted by molar-refractivity contribution is 0.149. The molecular formula is C15H30N2O. The van der Waals surface area contributed by atoms with Crippen LogP contribution in [0.2, 0.25) is 0 Å². The van der Waals surface area contributed by atoms with Gasteiger partial charge in [0.2, 0.25) is 0 Å². The van der Waals surface area contributed by atoms with Crippen molar-refractivity contribution in [2.75, 3.05) is 13.2 Å². The third-order valence-corrected chi connectivity index (χ3v) is 4.86. The second-order valence-corrected chi connectivity index (χ2v) is 6.46. The summed E-state index contributed by atoms with van der Waals surface area (Å²) in [6.07, 6.45) is 8.04. The lowest BCUT2D eigenvalue weighted by atomic mass is 9.78. The first kappa shape index (κ1) is 14.3. The number of hydrogen-bond donors (Lipinski definition) is 3. The van der Waals surface area contributed by atoms with Crippen molar-refractivity contribution < 1.29 is 5.11 Å². The summed E-state index contributed by atoms with van der Waals surface area (Å²) in [5.41, 5.74) is 0. The van der Waals surface area contributed by atoms with E-state index in [1.54, 1.807) is 0 Å². The molecule has 3 nitrogen and oxygen atoms in total. The van der Waals surface area contributed by atoms with Crippen molar-refractivity contribution in [3.05, 3.63) is 0 Å². The molecule has 1 heterocycles. The summed E-state index contributed by atoms with van der Waals surface area (Å²) < 4.78 is 0. The summed E-state index contributed by atoms with van der Waals surface area (Å²) in [6.45, 7) is 5.85. The van der Waals surface area contributed by atoms with Gasteiger partial charge in [0.15, 0.2) is 0 Å². The van der Waals surface area contributed by atoms with Crippen molar-refractivity contribution in [3.63, 3.8) is 0 Å². The molecule has 0 spiro atoms. The van der Waals surface area contributed by atoms with Crippen molar-refractivity contribution in [2.45, 2.75) is 70.5 Å². The van der Waals surface area contributed by atoms with E-state index in [0.29, 0.717) is 18.0 Å². The highest BCUT2D eigenvalue weighted by Crippen LogP contribution is 2.31. The van der Waals surface area contributed by atoms with Crippen LogP contribution in [0.1, 0.15) is 52.4 Å². The van der Waals surface area contributed by atoms with Crippen LogP contribution in [-0.2, 0) is 0 Å². The maximum absolute atomic E-state index is 9.50. The average molecular weight is 254 g/mol. The fourth-order valence-corrected chi connectivity index (χ4v) is 3.66. The van der Waals surface area contributed by atoms with Gasteiger partial charge in [0, 0.05) is 18.1 Å². The molecule has 106 valence electrons. The molecular weight excluding hydrogens is 224 g/mol. The summed E-state index contributed by atoms with van der Waals surface area (Å²) in [7, 11) is 0. The smallest absolute Gasteiger partial charge is 0.0587 e. The van der Waals surface area contributed by atoms with Gasteiger partial charge in [-0.25, -0.2) is 0 Å². The Morgan fingerprint density at radius 3 is 2.56 bits per heavy atom. The highest BCUT2D eigenvalue weighted by atomic mass is 16.3. The molecule has 0 aromatic rings. The molecule has 1 aliphatic carbocycles. The summed E-state index contributed by atoms with van der Waals surface area (Å²) in [4.78, 5) is 0. The van der Waals surface area contributed by atoms with E-state index in [9.17, 15) is 5.11 Å². The zero-order valence-electron chi connectivity index (χ0n) is 12.0. The summed E-state index contributed by atoms with van der Waals surface area (Å²) in [5.74, 6) is 1.28. The van der Waals surface area contributed by atoms with Crippen LogP contribution >= 0.6 is 0 Å². The van der Waals surface area contributed by atoms with Gasteiger partial charge in [-0.15, -0.1) is 0 Å². The van der Waals surface area contributed by atoms with Gasteiger partial charge in [0.25, 0.3) is 0 Å². The number of rotatable bonds is 5. The molecule has 2 rings (SSSR count). The Morgan fingerprint density at radius 2 is 1.94 bits per heavy atom. The third kappa shape index (κ3) is 3.46. The van der Waals surface area contributed by atoms with Crippen molar-refractivity contribution in [2.24, 2.45) is 11.8 Å². The summed E-state index contributed by atoms with van der Waals surface area (Å²) in [6, 6.07) is 1.58. The minimum atomic E-state index is 0.261. The summed E-state index contributed by atoms with van der Waals surface area (Å²) >= 11 is 0. The normalized spacial score (nSPS) is 35.0. The van der Waals surface area contributed by atoms with Crippen molar-refractivity contribution in [3.8, 4) is 0 Å². The van der Waals surface area contributed by atoms with Crippen LogP contribution in [0.25, 0.3) is 0 Å². The van der Waals surface area contributed by atoms with Gasteiger partial charge in [0.1, 0.15) is 0 Å². The molecule has 4 atom stereocenters. The minimum Gasteiger partial charge on any atom is -0.395 e. The first-order valence-electron chi connectivity index (χ1n) is 7.82. The number of nitrogens with one attached hydrogen (secondary N) is 2. The van der Waals surface area contributed by atoms with Crippen molar-refractivity contribution in [1.29, 1.82) is 0 Å². The van der Waals surface area contributed by atoms with E-state index in [1.165, 1.54) is 45.1 Å². The number of aliphatic hydroxyl groups excluding tert-OH is 1. The molecule has 3 N–H and O–H groups in total. The van der Waals surface area contributed by atoms with Gasteiger partial charge >= 0.3 is 0 Å². The van der Waals surface area contributed by atoms with Crippen LogP contribution in [0.4, 0.5) is 0 Å². The van der Waals surface area contributed by atoms with Crippen LogP contribution in [0.3, 0.4) is 0 Å². The van der Waals surface area contributed by atoms with E-state index in [0.717, 1.165) is 5.92 Å². The van der Waals surface area contributed by atoms with Gasteiger partial charge in [-0.05, 0) is 44.1 Å². The van der Waals surface area contributed by atoms with Gasteiger partial charge < -0.3 is 15.7 Å². The molecule has 3 unspecified atom stereocenters. The van der Waals surface area contributed by atoms with E-state index in [-0.39, 0.29) is 12.6 Å². The zero-order valence-corrected chi connectivity index (χ0v) is 12.0. The second kappa shape index (κ2) is 6.88. The Labute approximate surface area is 112 Å². The lowest BCUT2D eigenvalue weighted by Crippen LogP contribution is -2.52. The zero-order chi connectivity index (χ0) is 13.0. The molecule has 1 aliphatic heterocycles. The Balaban J connectivity index is 1.94. The topological polar surface area (TPSA) is 44.3 Å². The lowest BCUT2D eigenvalue weighted by Gasteiger charge is -2.39. The fourth-order valence-electron chi connectivity index (χ4n) is 3.66. The Bertz CT molecular complexity index is 239. The van der Waals surface area contributed by atoms with E-state index < -0.39 is 0 Å². The molecule has 2 aliphatic rings. The molecule has 0 aromatic heterocycles. The van der Waals surface area contributed by atoms with Gasteiger partial charge in [-0.1, -0.05) is 26.7 Å². The van der Waals surface area contributed by atoms with Gasteiger partial charge in [0.05, 0.1) is 6.61 Å². The molecule has 1 saturated heterocycles. The van der Waals surface area contributed by atoms with E-state index in [1.807, 2.05) is 0 Å². The van der Waals surface area contributed by atoms with Crippen molar-refractivity contribution >= 4 is 0 Å². The van der Waals surface area contributed by atoms with Crippen molar-refractivity contribution in [1.82, 2.24) is 10.6 Å². The maximum atomic E-state index is 9.50. The standard InChI is InChI=1S/C15H30N2O/c1-11(2)15(10-18)17-14-7-4-3-6-12(14)13-8-5-9-16-13/h11-18H,3-10H2,1-2H3/t12?,13?,14?,15-/m1/s1. The molecule has 2 fully saturated rings. The minimum absolute atomic E-state index is 0.261. The molecule has 0 radical (unpaired) electrons. The van der Waals surface area contributed by atoms with E-state index in [2.05, 4.69) is 24.5 Å². The highest BCUT2D eigenvalue weighted by Gasteiger charge is 2.34.